The Kier molecular flexibility index (Phi) is 6.02. The molecule has 0 saturated carbocycles. The molecule has 4 heteroatoms. The molecule has 1 fully saturated rings. The zero-order valence-electron chi connectivity index (χ0n) is 12.0. The highest BCUT2D eigenvalue weighted by molar-refractivity contribution is 5.78. The normalized spacial score (nSPS) is 17.6. The Morgan fingerprint density at radius 3 is 2.70 bits per heavy atom. The minimum absolute atomic E-state index is 0.185. The fraction of sp³-hybridized carbons (Fsp3) is 0.562. The van der Waals surface area contributed by atoms with Crippen molar-refractivity contribution in [3.63, 3.8) is 0 Å². The van der Waals surface area contributed by atoms with E-state index in [0.29, 0.717) is 12.5 Å². The molecule has 110 valence electrons. The van der Waals surface area contributed by atoms with Gasteiger partial charge in [0.2, 0.25) is 0 Å². The summed E-state index contributed by atoms with van der Waals surface area (Å²) in [6, 6.07) is 9.79. The van der Waals surface area contributed by atoms with Gasteiger partial charge in [0.25, 0.3) is 0 Å². The van der Waals surface area contributed by atoms with Crippen molar-refractivity contribution in [2.24, 2.45) is 5.92 Å². The van der Waals surface area contributed by atoms with E-state index in [1.807, 2.05) is 30.3 Å². The number of methoxy groups -OCH3 is 1. The van der Waals surface area contributed by atoms with Crippen LogP contribution in [0.2, 0.25) is 0 Å². The average molecular weight is 277 g/mol. The molecule has 0 radical (unpaired) electrons. The first-order valence-corrected chi connectivity index (χ1v) is 7.22. The van der Waals surface area contributed by atoms with Gasteiger partial charge in [-0.2, -0.15) is 0 Å². The predicted molar refractivity (Wildman–Crippen MR) is 77.6 cm³/mol. The fourth-order valence-electron chi connectivity index (χ4n) is 2.55. The van der Waals surface area contributed by atoms with Crippen molar-refractivity contribution in [2.75, 3.05) is 33.4 Å². The summed E-state index contributed by atoms with van der Waals surface area (Å²) in [5, 5.41) is 3.41. The van der Waals surface area contributed by atoms with Crippen LogP contribution in [-0.2, 0) is 14.3 Å². The minimum Gasteiger partial charge on any atom is -0.469 e. The summed E-state index contributed by atoms with van der Waals surface area (Å²) in [5.74, 6) is 0.231. The summed E-state index contributed by atoms with van der Waals surface area (Å²) in [4.78, 5) is 11.9. The van der Waals surface area contributed by atoms with Gasteiger partial charge in [0.05, 0.1) is 13.0 Å². The average Bonchev–Trinajstić information content (AvgIpc) is 2.53. The lowest BCUT2D eigenvalue weighted by Gasteiger charge is -2.23. The number of benzene rings is 1. The number of nitrogens with one attached hydrogen (secondary N) is 1. The second kappa shape index (κ2) is 8.02. The molecular weight excluding hydrogens is 254 g/mol. The van der Waals surface area contributed by atoms with E-state index in [4.69, 9.17) is 9.47 Å². The van der Waals surface area contributed by atoms with Crippen molar-refractivity contribution >= 4 is 5.97 Å². The number of carbonyl (C=O) groups excluding carboxylic acids is 1. The van der Waals surface area contributed by atoms with E-state index in [-0.39, 0.29) is 11.9 Å². The maximum atomic E-state index is 11.9. The third kappa shape index (κ3) is 4.32. The van der Waals surface area contributed by atoms with Gasteiger partial charge in [-0.05, 0) is 30.9 Å². The molecule has 2 rings (SSSR count). The van der Waals surface area contributed by atoms with Gasteiger partial charge in [-0.3, -0.25) is 4.79 Å². The van der Waals surface area contributed by atoms with Crippen molar-refractivity contribution in [2.45, 2.75) is 18.8 Å². The SMILES string of the molecule is COC(=O)C(CNCC1CCOCC1)c1ccccc1. The molecule has 1 aromatic carbocycles. The Morgan fingerprint density at radius 1 is 1.35 bits per heavy atom. The molecule has 0 aliphatic carbocycles. The van der Waals surface area contributed by atoms with Crippen LogP contribution in [0.25, 0.3) is 0 Å². The number of hydrogen-bond donors (Lipinski definition) is 1. The maximum Gasteiger partial charge on any atom is 0.314 e. The molecule has 0 amide bonds. The van der Waals surface area contributed by atoms with Crippen LogP contribution in [0.15, 0.2) is 30.3 Å². The van der Waals surface area contributed by atoms with Gasteiger partial charge < -0.3 is 14.8 Å². The second-order valence-electron chi connectivity index (χ2n) is 5.20. The number of ether oxygens (including phenoxy) is 2. The highest BCUT2D eigenvalue weighted by Gasteiger charge is 2.21. The topological polar surface area (TPSA) is 47.6 Å². The lowest BCUT2D eigenvalue weighted by atomic mass is 9.97. The Bertz CT molecular complexity index is 401. The minimum atomic E-state index is -0.235. The van der Waals surface area contributed by atoms with E-state index in [1.165, 1.54) is 7.11 Å². The van der Waals surface area contributed by atoms with E-state index in [1.54, 1.807) is 0 Å². The van der Waals surface area contributed by atoms with Gasteiger partial charge in [-0.25, -0.2) is 0 Å². The molecule has 1 atom stereocenters. The van der Waals surface area contributed by atoms with Crippen LogP contribution in [0, 0.1) is 5.92 Å². The summed E-state index contributed by atoms with van der Waals surface area (Å²) in [5.41, 5.74) is 0.999. The van der Waals surface area contributed by atoms with Gasteiger partial charge in [0, 0.05) is 19.8 Å². The van der Waals surface area contributed by atoms with Gasteiger partial charge in [0.15, 0.2) is 0 Å². The van der Waals surface area contributed by atoms with Crippen LogP contribution in [0.4, 0.5) is 0 Å². The molecule has 4 nitrogen and oxygen atoms in total. The zero-order chi connectivity index (χ0) is 14.2. The van der Waals surface area contributed by atoms with E-state index in [0.717, 1.165) is 38.2 Å². The first-order chi connectivity index (χ1) is 9.81. The lowest BCUT2D eigenvalue weighted by molar-refractivity contribution is -0.142. The molecule has 1 heterocycles. The van der Waals surface area contributed by atoms with Crippen molar-refractivity contribution < 1.29 is 14.3 Å². The summed E-state index contributed by atoms with van der Waals surface area (Å²) in [6.07, 6.45) is 2.20. The van der Waals surface area contributed by atoms with Crippen LogP contribution < -0.4 is 5.32 Å². The van der Waals surface area contributed by atoms with Crippen molar-refractivity contribution in [1.29, 1.82) is 0 Å². The summed E-state index contributed by atoms with van der Waals surface area (Å²) >= 11 is 0. The highest BCUT2D eigenvalue weighted by atomic mass is 16.5. The second-order valence-corrected chi connectivity index (χ2v) is 5.20. The van der Waals surface area contributed by atoms with Gasteiger partial charge in [0.1, 0.15) is 0 Å². The summed E-state index contributed by atoms with van der Waals surface area (Å²) < 4.78 is 10.3. The smallest absolute Gasteiger partial charge is 0.314 e. The molecule has 1 saturated heterocycles. The van der Waals surface area contributed by atoms with Gasteiger partial charge >= 0.3 is 5.97 Å². The van der Waals surface area contributed by atoms with Crippen LogP contribution in [-0.4, -0.2) is 39.4 Å². The van der Waals surface area contributed by atoms with Crippen LogP contribution >= 0.6 is 0 Å². The van der Waals surface area contributed by atoms with Crippen LogP contribution in [0.5, 0.6) is 0 Å². The van der Waals surface area contributed by atoms with Crippen molar-refractivity contribution in [3.8, 4) is 0 Å². The third-order valence-electron chi connectivity index (χ3n) is 3.81. The summed E-state index contributed by atoms with van der Waals surface area (Å²) in [7, 11) is 1.44. The number of hydrogen-bond acceptors (Lipinski definition) is 4. The Balaban J connectivity index is 1.86. The maximum absolute atomic E-state index is 11.9. The summed E-state index contributed by atoms with van der Waals surface area (Å²) in [6.45, 7) is 3.26. The molecule has 1 aliphatic heterocycles. The molecule has 1 aromatic rings. The van der Waals surface area contributed by atoms with Crippen molar-refractivity contribution in [1.82, 2.24) is 5.32 Å². The zero-order valence-corrected chi connectivity index (χ0v) is 12.0. The molecule has 1 unspecified atom stereocenters. The van der Waals surface area contributed by atoms with E-state index in [2.05, 4.69) is 5.32 Å². The molecule has 0 aromatic heterocycles. The Labute approximate surface area is 120 Å². The van der Waals surface area contributed by atoms with E-state index >= 15 is 0 Å². The molecule has 1 aliphatic rings. The van der Waals surface area contributed by atoms with Gasteiger partial charge in [-0.1, -0.05) is 30.3 Å². The highest BCUT2D eigenvalue weighted by Crippen LogP contribution is 2.17. The number of esters is 1. The predicted octanol–water partition coefficient (Wildman–Crippen LogP) is 1.96. The Hall–Kier alpha value is -1.39. The first kappa shape index (κ1) is 15.0. The lowest BCUT2D eigenvalue weighted by Crippen LogP contribution is -2.33. The number of carbonyl (C=O) groups is 1. The van der Waals surface area contributed by atoms with Crippen molar-refractivity contribution in [3.05, 3.63) is 35.9 Å². The monoisotopic (exact) mass is 277 g/mol. The molecule has 1 N–H and O–H groups in total. The first-order valence-electron chi connectivity index (χ1n) is 7.22. The third-order valence-corrected chi connectivity index (χ3v) is 3.81. The fourth-order valence-corrected chi connectivity index (χ4v) is 2.55. The van der Waals surface area contributed by atoms with Gasteiger partial charge in [-0.15, -0.1) is 0 Å². The quantitative estimate of drug-likeness (QED) is 0.808. The van der Waals surface area contributed by atoms with Crippen LogP contribution in [0.1, 0.15) is 24.3 Å². The van der Waals surface area contributed by atoms with E-state index < -0.39 is 0 Å². The Morgan fingerprint density at radius 2 is 2.05 bits per heavy atom. The number of rotatable bonds is 6. The molecular formula is C16H23NO3. The molecule has 0 spiro atoms. The molecule has 20 heavy (non-hydrogen) atoms. The molecule has 0 bridgehead atoms. The van der Waals surface area contributed by atoms with Crippen LogP contribution in [0.3, 0.4) is 0 Å². The van der Waals surface area contributed by atoms with E-state index in [9.17, 15) is 4.79 Å². The largest absolute Gasteiger partial charge is 0.469 e. The standard InChI is InChI=1S/C16H23NO3/c1-19-16(18)15(14-5-3-2-4-6-14)12-17-11-13-7-9-20-10-8-13/h2-6,13,15,17H,7-12H2,1H3.